The fourth-order valence-electron chi connectivity index (χ4n) is 2.31. The lowest BCUT2D eigenvalue weighted by atomic mass is 9.97. The zero-order valence-corrected chi connectivity index (χ0v) is 12.7. The molecule has 2 rings (SSSR count). The van der Waals surface area contributed by atoms with Crippen LogP contribution in [0.15, 0.2) is 6.07 Å². The van der Waals surface area contributed by atoms with Gasteiger partial charge in [0, 0.05) is 12.0 Å². The van der Waals surface area contributed by atoms with Gasteiger partial charge in [-0.2, -0.15) is 11.8 Å². The van der Waals surface area contributed by atoms with Gasteiger partial charge >= 0.3 is 5.97 Å². The highest BCUT2D eigenvalue weighted by Crippen LogP contribution is 2.26. The number of hydrogen-bond donors (Lipinski definition) is 0. The molecule has 0 amide bonds. The lowest BCUT2D eigenvalue weighted by Gasteiger charge is -2.20. The van der Waals surface area contributed by atoms with Crippen LogP contribution in [0.2, 0.25) is 0 Å². The lowest BCUT2D eigenvalue weighted by Crippen LogP contribution is -2.13. The quantitative estimate of drug-likeness (QED) is 0.349. The molecule has 0 N–H and O–H groups in total. The van der Waals surface area contributed by atoms with Crippen LogP contribution in [0.3, 0.4) is 0 Å². The molecule has 0 bridgehead atoms. The Labute approximate surface area is 130 Å². The molecule has 0 unspecified atom stereocenters. The van der Waals surface area contributed by atoms with E-state index in [1.165, 1.54) is 0 Å². The van der Waals surface area contributed by atoms with Crippen LogP contribution in [0.1, 0.15) is 31.2 Å². The summed E-state index contributed by atoms with van der Waals surface area (Å²) in [5, 5.41) is 0. The SMILES string of the molecule is O=C(CCC1CCSCC1)OCc1cc(F)c(F)c(F)c1F. The molecule has 0 aromatic heterocycles. The molecule has 122 valence electrons. The topological polar surface area (TPSA) is 26.3 Å². The minimum atomic E-state index is -1.90. The van der Waals surface area contributed by atoms with Crippen LogP contribution >= 0.6 is 11.8 Å². The number of hydrogen-bond acceptors (Lipinski definition) is 3. The van der Waals surface area contributed by atoms with Gasteiger partial charge in [0.15, 0.2) is 23.3 Å². The summed E-state index contributed by atoms with van der Waals surface area (Å²) in [5.74, 6) is -4.72. The average molecular weight is 336 g/mol. The third-order valence-electron chi connectivity index (χ3n) is 3.66. The number of rotatable bonds is 5. The van der Waals surface area contributed by atoms with Gasteiger partial charge in [0.05, 0.1) is 0 Å². The number of halogens is 4. The Morgan fingerprint density at radius 1 is 1.14 bits per heavy atom. The molecule has 1 saturated heterocycles. The van der Waals surface area contributed by atoms with Crippen LogP contribution in [0.4, 0.5) is 17.6 Å². The molecule has 7 heteroatoms. The summed E-state index contributed by atoms with van der Waals surface area (Å²) >= 11 is 1.89. The summed E-state index contributed by atoms with van der Waals surface area (Å²) in [5.41, 5.74) is -0.515. The Morgan fingerprint density at radius 2 is 1.82 bits per heavy atom. The van der Waals surface area contributed by atoms with E-state index < -0.39 is 41.4 Å². The van der Waals surface area contributed by atoms with Crippen molar-refractivity contribution in [2.45, 2.75) is 32.3 Å². The Hall–Kier alpha value is -1.24. The molecule has 1 fully saturated rings. The maximum Gasteiger partial charge on any atom is 0.306 e. The predicted molar refractivity (Wildman–Crippen MR) is 75.4 cm³/mol. The summed E-state index contributed by atoms with van der Waals surface area (Å²) in [6.45, 7) is -0.612. The Balaban J connectivity index is 1.83. The van der Waals surface area contributed by atoms with Crippen molar-refractivity contribution < 1.29 is 27.1 Å². The third-order valence-corrected chi connectivity index (χ3v) is 4.71. The van der Waals surface area contributed by atoms with Gasteiger partial charge in [0.1, 0.15) is 6.61 Å². The lowest BCUT2D eigenvalue weighted by molar-refractivity contribution is -0.145. The molecule has 1 aliphatic heterocycles. The van der Waals surface area contributed by atoms with Crippen molar-refractivity contribution in [3.63, 3.8) is 0 Å². The van der Waals surface area contributed by atoms with Crippen LogP contribution in [-0.2, 0) is 16.1 Å². The number of ether oxygens (including phenoxy) is 1. The number of benzene rings is 1. The van der Waals surface area contributed by atoms with Crippen molar-refractivity contribution >= 4 is 17.7 Å². The average Bonchev–Trinajstić information content (AvgIpc) is 2.54. The van der Waals surface area contributed by atoms with E-state index in [2.05, 4.69) is 0 Å². The van der Waals surface area contributed by atoms with Crippen LogP contribution in [-0.4, -0.2) is 17.5 Å². The van der Waals surface area contributed by atoms with Crippen molar-refractivity contribution in [2.24, 2.45) is 5.92 Å². The van der Waals surface area contributed by atoms with Gasteiger partial charge in [-0.1, -0.05) is 0 Å². The number of thioether (sulfide) groups is 1. The minimum absolute atomic E-state index is 0.184. The predicted octanol–water partition coefficient (Wildman–Crippen LogP) is 4.21. The largest absolute Gasteiger partial charge is 0.461 e. The van der Waals surface area contributed by atoms with Gasteiger partial charge in [0.2, 0.25) is 0 Å². The zero-order valence-electron chi connectivity index (χ0n) is 11.8. The van der Waals surface area contributed by atoms with Crippen LogP contribution in [0, 0.1) is 29.2 Å². The number of carbonyl (C=O) groups is 1. The van der Waals surface area contributed by atoms with Gasteiger partial charge in [-0.15, -0.1) is 0 Å². The number of esters is 1. The van der Waals surface area contributed by atoms with Crippen molar-refractivity contribution in [1.29, 1.82) is 0 Å². The van der Waals surface area contributed by atoms with Crippen molar-refractivity contribution in [3.05, 3.63) is 34.9 Å². The second kappa shape index (κ2) is 7.85. The summed E-state index contributed by atoms with van der Waals surface area (Å²) in [6, 6.07) is 0.499. The first-order valence-corrected chi connectivity index (χ1v) is 8.19. The normalized spacial score (nSPS) is 15.8. The highest BCUT2D eigenvalue weighted by atomic mass is 32.2. The minimum Gasteiger partial charge on any atom is -0.461 e. The van der Waals surface area contributed by atoms with E-state index in [9.17, 15) is 22.4 Å². The Morgan fingerprint density at radius 3 is 2.50 bits per heavy atom. The fraction of sp³-hybridized carbons (Fsp3) is 0.533. The molecule has 22 heavy (non-hydrogen) atoms. The van der Waals surface area contributed by atoms with Crippen molar-refractivity contribution in [2.75, 3.05) is 11.5 Å². The molecule has 1 aromatic rings. The van der Waals surface area contributed by atoms with E-state index >= 15 is 0 Å². The third kappa shape index (κ3) is 4.38. The van der Waals surface area contributed by atoms with Crippen molar-refractivity contribution in [1.82, 2.24) is 0 Å². The fourth-order valence-corrected chi connectivity index (χ4v) is 3.52. The molecule has 0 saturated carbocycles. The molecule has 0 radical (unpaired) electrons. The first kappa shape index (κ1) is 17.1. The van der Waals surface area contributed by atoms with Gasteiger partial charge in [-0.3, -0.25) is 4.79 Å². The first-order chi connectivity index (χ1) is 10.5. The van der Waals surface area contributed by atoms with E-state index in [4.69, 9.17) is 4.74 Å². The summed E-state index contributed by atoms with van der Waals surface area (Å²) in [4.78, 5) is 11.6. The zero-order chi connectivity index (χ0) is 16.1. The smallest absolute Gasteiger partial charge is 0.306 e. The van der Waals surface area contributed by atoms with E-state index in [1.54, 1.807) is 0 Å². The van der Waals surface area contributed by atoms with Crippen molar-refractivity contribution in [3.8, 4) is 0 Å². The summed E-state index contributed by atoms with van der Waals surface area (Å²) in [6.07, 6.45) is 2.99. The molecule has 1 aliphatic rings. The highest BCUT2D eigenvalue weighted by molar-refractivity contribution is 7.99. The molecule has 1 heterocycles. The molecular formula is C15H16F4O2S. The second-order valence-corrected chi connectivity index (χ2v) is 6.44. The second-order valence-electron chi connectivity index (χ2n) is 5.21. The van der Waals surface area contributed by atoms with Gasteiger partial charge in [0.25, 0.3) is 0 Å². The van der Waals surface area contributed by atoms with E-state index in [-0.39, 0.29) is 6.42 Å². The molecular weight excluding hydrogens is 320 g/mol. The van der Waals surface area contributed by atoms with E-state index in [0.29, 0.717) is 18.4 Å². The molecule has 1 aromatic carbocycles. The highest BCUT2D eigenvalue weighted by Gasteiger charge is 2.20. The Kier molecular flexibility index (Phi) is 6.11. The standard InChI is InChI=1S/C15H16F4O2S/c16-11-7-10(13(17)15(19)14(11)18)8-21-12(20)2-1-9-3-5-22-6-4-9/h7,9H,1-6,8H2. The molecule has 0 spiro atoms. The molecule has 0 aliphatic carbocycles. The van der Waals surface area contributed by atoms with Crippen LogP contribution < -0.4 is 0 Å². The van der Waals surface area contributed by atoms with Crippen LogP contribution in [0.5, 0.6) is 0 Å². The van der Waals surface area contributed by atoms with Crippen LogP contribution in [0.25, 0.3) is 0 Å². The first-order valence-electron chi connectivity index (χ1n) is 7.04. The van der Waals surface area contributed by atoms with E-state index in [1.807, 2.05) is 11.8 Å². The summed E-state index contributed by atoms with van der Waals surface area (Å²) in [7, 11) is 0. The van der Waals surface area contributed by atoms with Gasteiger partial charge in [-0.25, -0.2) is 17.6 Å². The van der Waals surface area contributed by atoms with E-state index in [0.717, 1.165) is 24.3 Å². The van der Waals surface area contributed by atoms with Gasteiger partial charge in [-0.05, 0) is 42.8 Å². The maximum atomic E-state index is 13.4. The monoisotopic (exact) mass is 336 g/mol. The summed E-state index contributed by atoms with van der Waals surface area (Å²) < 4.78 is 57.0. The maximum absolute atomic E-state index is 13.4. The Bertz CT molecular complexity index is 545. The molecule has 0 atom stereocenters. The molecule has 2 nitrogen and oxygen atoms in total. The van der Waals surface area contributed by atoms with Gasteiger partial charge < -0.3 is 4.74 Å². The number of carbonyl (C=O) groups excluding carboxylic acids is 1.